The van der Waals surface area contributed by atoms with Crippen molar-refractivity contribution in [2.24, 2.45) is 0 Å². The summed E-state index contributed by atoms with van der Waals surface area (Å²) in [6, 6.07) is 4.52. The van der Waals surface area contributed by atoms with Crippen molar-refractivity contribution in [3.8, 4) is 5.75 Å². The van der Waals surface area contributed by atoms with E-state index >= 15 is 0 Å². The Balaban J connectivity index is 2.81. The van der Waals surface area contributed by atoms with Crippen LogP contribution in [-0.2, 0) is 5.88 Å². The molecule has 102 valence electrons. The van der Waals surface area contributed by atoms with Crippen molar-refractivity contribution in [1.82, 2.24) is 0 Å². The first-order valence-corrected chi connectivity index (χ1v) is 5.13. The molecule has 0 bridgehead atoms. The fourth-order valence-corrected chi connectivity index (χ4v) is 1.22. The summed E-state index contributed by atoms with van der Waals surface area (Å²) >= 11 is 5.42. The van der Waals surface area contributed by atoms with Gasteiger partial charge in [-0.2, -0.15) is 22.0 Å². The van der Waals surface area contributed by atoms with Gasteiger partial charge in [0.05, 0.1) is 0 Å². The summed E-state index contributed by atoms with van der Waals surface area (Å²) in [7, 11) is 0. The Kier molecular flexibility index (Phi) is 4.37. The molecule has 0 aromatic heterocycles. The molecule has 8 heteroatoms. The lowest BCUT2D eigenvalue weighted by Crippen LogP contribution is -2.45. The van der Waals surface area contributed by atoms with Crippen LogP contribution in [0.3, 0.4) is 0 Å². The zero-order chi connectivity index (χ0) is 14.0. The monoisotopic (exact) mass is 292 g/mol. The van der Waals surface area contributed by atoms with Crippen LogP contribution < -0.4 is 4.74 Å². The van der Waals surface area contributed by atoms with Crippen molar-refractivity contribution < 1.29 is 31.1 Å². The van der Waals surface area contributed by atoms with E-state index in [-0.39, 0.29) is 5.88 Å². The molecule has 0 spiro atoms. The third-order valence-electron chi connectivity index (χ3n) is 1.91. The van der Waals surface area contributed by atoms with Crippen LogP contribution in [0, 0.1) is 0 Å². The molecule has 1 aromatic carbocycles. The Morgan fingerprint density at radius 2 is 1.56 bits per heavy atom. The van der Waals surface area contributed by atoms with Gasteiger partial charge in [-0.25, -0.2) is 4.39 Å². The first-order valence-electron chi connectivity index (χ1n) is 4.59. The summed E-state index contributed by atoms with van der Waals surface area (Å²) in [6.45, 7) is 0. The van der Waals surface area contributed by atoms with Gasteiger partial charge in [-0.3, -0.25) is 0 Å². The Morgan fingerprint density at radius 3 is 1.94 bits per heavy atom. The molecule has 0 N–H and O–H groups in total. The highest BCUT2D eigenvalue weighted by Crippen LogP contribution is 2.36. The smallest absolute Gasteiger partial charge is 0.430 e. The van der Waals surface area contributed by atoms with E-state index in [2.05, 4.69) is 4.74 Å². The van der Waals surface area contributed by atoms with Crippen LogP contribution in [0.2, 0.25) is 0 Å². The molecule has 0 aliphatic heterocycles. The minimum atomic E-state index is -5.69. The lowest BCUT2D eigenvalue weighted by atomic mass is 10.2. The van der Waals surface area contributed by atoms with Gasteiger partial charge in [0.25, 0.3) is 6.17 Å². The fraction of sp³-hybridized carbons (Fsp3) is 0.400. The van der Waals surface area contributed by atoms with E-state index in [9.17, 15) is 26.3 Å². The van der Waals surface area contributed by atoms with Gasteiger partial charge in [0.15, 0.2) is 0 Å². The highest BCUT2D eigenvalue weighted by Gasteiger charge is 2.59. The largest absolute Gasteiger partial charge is 0.439 e. The molecule has 0 saturated carbocycles. The predicted molar refractivity (Wildman–Crippen MR) is 52.5 cm³/mol. The van der Waals surface area contributed by atoms with Crippen LogP contribution in [0.15, 0.2) is 24.3 Å². The number of alkyl halides is 7. The van der Waals surface area contributed by atoms with E-state index in [1.165, 1.54) is 12.1 Å². The van der Waals surface area contributed by atoms with Crippen LogP contribution >= 0.6 is 11.6 Å². The lowest BCUT2D eigenvalue weighted by Gasteiger charge is -2.23. The normalized spacial score (nSPS) is 14.4. The van der Waals surface area contributed by atoms with Crippen LogP contribution in [-0.4, -0.2) is 18.5 Å². The third kappa shape index (κ3) is 3.69. The molecule has 1 unspecified atom stereocenters. The zero-order valence-corrected chi connectivity index (χ0v) is 9.40. The summed E-state index contributed by atoms with van der Waals surface area (Å²) in [5.74, 6) is -0.480. The minimum Gasteiger partial charge on any atom is -0.430 e. The predicted octanol–water partition coefficient (Wildman–Crippen LogP) is 4.30. The van der Waals surface area contributed by atoms with Crippen molar-refractivity contribution in [3.63, 3.8) is 0 Å². The van der Waals surface area contributed by atoms with E-state index in [0.29, 0.717) is 5.56 Å². The average Bonchev–Trinajstić information content (AvgIpc) is 2.27. The van der Waals surface area contributed by atoms with Crippen molar-refractivity contribution in [1.29, 1.82) is 0 Å². The molecule has 1 atom stereocenters. The number of hydrogen-bond acceptors (Lipinski definition) is 1. The first-order chi connectivity index (χ1) is 8.16. The summed E-state index contributed by atoms with van der Waals surface area (Å²) < 4.78 is 77.3. The van der Waals surface area contributed by atoms with E-state index in [4.69, 9.17) is 11.6 Å². The summed E-state index contributed by atoms with van der Waals surface area (Å²) in [4.78, 5) is 0. The van der Waals surface area contributed by atoms with E-state index in [1.807, 2.05) is 0 Å². The topological polar surface area (TPSA) is 9.23 Å². The van der Waals surface area contributed by atoms with Gasteiger partial charge in [-0.05, 0) is 17.7 Å². The second-order valence-corrected chi connectivity index (χ2v) is 3.61. The summed E-state index contributed by atoms with van der Waals surface area (Å²) in [6.07, 6.45) is -15.1. The lowest BCUT2D eigenvalue weighted by molar-refractivity contribution is -0.304. The molecule has 0 fully saturated rings. The quantitative estimate of drug-likeness (QED) is 0.594. The van der Waals surface area contributed by atoms with Gasteiger partial charge in [0.1, 0.15) is 5.75 Å². The second kappa shape index (κ2) is 5.26. The number of halogens is 7. The van der Waals surface area contributed by atoms with Gasteiger partial charge < -0.3 is 4.74 Å². The van der Waals surface area contributed by atoms with Crippen LogP contribution in [0.5, 0.6) is 5.75 Å². The maximum atomic E-state index is 12.8. The first kappa shape index (κ1) is 14.9. The molecule has 1 aromatic rings. The van der Waals surface area contributed by atoms with Gasteiger partial charge in [-0.15, -0.1) is 11.6 Å². The molecule has 0 aliphatic rings. The maximum absolute atomic E-state index is 12.8. The van der Waals surface area contributed by atoms with Crippen molar-refractivity contribution in [2.75, 3.05) is 0 Å². The second-order valence-electron chi connectivity index (χ2n) is 3.35. The molecule has 0 aliphatic carbocycles. The average molecular weight is 293 g/mol. The molecule has 0 heterocycles. The fourth-order valence-electron chi connectivity index (χ4n) is 1.05. The van der Waals surface area contributed by atoms with Crippen LogP contribution in [0.1, 0.15) is 5.56 Å². The molecular formula is C10H7ClF6O. The summed E-state index contributed by atoms with van der Waals surface area (Å²) in [5, 5.41) is 0. The molecule has 0 saturated heterocycles. The Morgan fingerprint density at radius 1 is 1.06 bits per heavy atom. The molecule has 1 nitrogen and oxygen atoms in total. The molecule has 0 amide bonds. The van der Waals surface area contributed by atoms with Gasteiger partial charge >= 0.3 is 12.3 Å². The molecule has 18 heavy (non-hydrogen) atoms. The van der Waals surface area contributed by atoms with Crippen molar-refractivity contribution >= 4 is 11.6 Å². The zero-order valence-electron chi connectivity index (χ0n) is 8.65. The maximum Gasteiger partial charge on any atom is 0.439 e. The van der Waals surface area contributed by atoms with E-state index in [0.717, 1.165) is 12.1 Å². The number of ether oxygens (including phenoxy) is 1. The number of hydrogen-bond donors (Lipinski definition) is 0. The highest BCUT2D eigenvalue weighted by molar-refractivity contribution is 6.17. The van der Waals surface area contributed by atoms with Crippen molar-refractivity contribution in [3.05, 3.63) is 29.8 Å². The summed E-state index contributed by atoms with van der Waals surface area (Å²) in [5.41, 5.74) is 0.556. The Bertz CT molecular complexity index is 388. The molecule has 1 rings (SSSR count). The Hall–Kier alpha value is -1.11. The molecule has 0 radical (unpaired) electrons. The standard InChI is InChI=1S/C10H7ClF6O/c11-5-6-1-3-7(4-2-6)18-10(16,17)8(12)9(13,14)15/h1-4,8H,5H2. The Labute approximate surface area is 103 Å². The van der Waals surface area contributed by atoms with E-state index in [1.54, 1.807) is 0 Å². The van der Waals surface area contributed by atoms with Gasteiger partial charge in [0.2, 0.25) is 0 Å². The van der Waals surface area contributed by atoms with Crippen molar-refractivity contribution in [2.45, 2.75) is 24.3 Å². The number of rotatable bonds is 4. The third-order valence-corrected chi connectivity index (χ3v) is 2.22. The molecular weight excluding hydrogens is 286 g/mol. The SMILES string of the molecule is FC(C(F)(F)F)C(F)(F)Oc1ccc(CCl)cc1. The van der Waals surface area contributed by atoms with Crippen LogP contribution in [0.25, 0.3) is 0 Å². The van der Waals surface area contributed by atoms with Gasteiger partial charge in [-0.1, -0.05) is 12.1 Å². The highest BCUT2D eigenvalue weighted by atomic mass is 35.5. The number of benzene rings is 1. The minimum absolute atomic E-state index is 0.102. The van der Waals surface area contributed by atoms with E-state index < -0.39 is 24.2 Å². The van der Waals surface area contributed by atoms with Gasteiger partial charge in [0, 0.05) is 5.88 Å². The van der Waals surface area contributed by atoms with Crippen LogP contribution in [0.4, 0.5) is 26.3 Å².